The standard InChI is InChI=1S/C12H10F3NO2S3/c13-12(14,15)8-20-10-5-2-1-4-9(10)16-21(17,18)11-6-3-7-19-11/h1-7,16H,8H2. The second-order valence-electron chi connectivity index (χ2n) is 3.94. The van der Waals surface area contributed by atoms with E-state index in [-0.39, 0.29) is 14.8 Å². The smallest absolute Gasteiger partial charge is 0.278 e. The van der Waals surface area contributed by atoms with Crippen molar-refractivity contribution in [1.82, 2.24) is 0 Å². The van der Waals surface area contributed by atoms with Crippen LogP contribution >= 0.6 is 23.1 Å². The summed E-state index contributed by atoms with van der Waals surface area (Å²) in [7, 11) is -3.77. The van der Waals surface area contributed by atoms with Crippen LogP contribution in [0.2, 0.25) is 0 Å². The average Bonchev–Trinajstić information content (AvgIpc) is 2.91. The van der Waals surface area contributed by atoms with E-state index in [1.54, 1.807) is 23.6 Å². The van der Waals surface area contributed by atoms with Gasteiger partial charge in [-0.3, -0.25) is 4.72 Å². The van der Waals surface area contributed by atoms with Crippen molar-refractivity contribution < 1.29 is 21.6 Å². The van der Waals surface area contributed by atoms with Crippen molar-refractivity contribution in [3.63, 3.8) is 0 Å². The van der Waals surface area contributed by atoms with Crippen LogP contribution in [0.4, 0.5) is 18.9 Å². The molecule has 2 rings (SSSR count). The van der Waals surface area contributed by atoms with Crippen LogP contribution in [0.3, 0.4) is 0 Å². The van der Waals surface area contributed by atoms with E-state index in [1.165, 1.54) is 18.2 Å². The zero-order chi connectivity index (χ0) is 15.5. The van der Waals surface area contributed by atoms with Gasteiger partial charge in [0.05, 0.1) is 11.4 Å². The summed E-state index contributed by atoms with van der Waals surface area (Å²) < 4.78 is 63.4. The zero-order valence-electron chi connectivity index (χ0n) is 10.4. The first kappa shape index (κ1) is 16.2. The minimum atomic E-state index is -4.32. The maximum Gasteiger partial charge on any atom is 0.398 e. The van der Waals surface area contributed by atoms with Gasteiger partial charge in [-0.2, -0.15) is 13.2 Å². The highest BCUT2D eigenvalue weighted by Gasteiger charge is 2.28. The average molecular weight is 353 g/mol. The summed E-state index contributed by atoms with van der Waals surface area (Å²) in [5, 5.41) is 1.61. The molecule has 0 saturated heterocycles. The Balaban J connectivity index is 2.21. The normalized spacial score (nSPS) is 12.3. The molecule has 1 heterocycles. The third kappa shape index (κ3) is 4.65. The number of para-hydroxylation sites is 1. The molecule has 0 radical (unpaired) electrons. The van der Waals surface area contributed by atoms with E-state index in [1.807, 2.05) is 0 Å². The van der Waals surface area contributed by atoms with Gasteiger partial charge in [-0.1, -0.05) is 18.2 Å². The number of hydrogen-bond acceptors (Lipinski definition) is 4. The molecule has 1 N–H and O–H groups in total. The summed E-state index contributed by atoms with van der Waals surface area (Å²) in [5.41, 5.74) is 0.139. The van der Waals surface area contributed by atoms with Gasteiger partial charge in [-0.05, 0) is 23.6 Å². The molecule has 0 saturated carbocycles. The van der Waals surface area contributed by atoms with Gasteiger partial charge in [0.1, 0.15) is 4.21 Å². The van der Waals surface area contributed by atoms with E-state index in [0.717, 1.165) is 11.3 Å². The van der Waals surface area contributed by atoms with Gasteiger partial charge in [0.2, 0.25) is 0 Å². The Morgan fingerprint density at radius 2 is 1.86 bits per heavy atom. The Kier molecular flexibility index (Phi) is 4.84. The molecule has 0 fully saturated rings. The molecule has 3 nitrogen and oxygen atoms in total. The summed E-state index contributed by atoms with van der Waals surface area (Å²) >= 11 is 1.58. The van der Waals surface area contributed by atoms with E-state index in [0.29, 0.717) is 11.8 Å². The van der Waals surface area contributed by atoms with Crippen LogP contribution in [0, 0.1) is 0 Å². The molecular formula is C12H10F3NO2S3. The summed E-state index contributed by atoms with van der Waals surface area (Å²) in [6.07, 6.45) is -4.32. The number of anilines is 1. The molecule has 0 aliphatic carbocycles. The first-order valence-electron chi connectivity index (χ1n) is 5.63. The van der Waals surface area contributed by atoms with E-state index in [9.17, 15) is 21.6 Å². The molecule has 0 atom stereocenters. The van der Waals surface area contributed by atoms with E-state index in [4.69, 9.17) is 0 Å². The minimum absolute atomic E-state index is 0.109. The predicted octanol–water partition coefficient (Wildman–Crippen LogP) is 4.20. The predicted molar refractivity (Wildman–Crippen MR) is 78.3 cm³/mol. The lowest BCUT2D eigenvalue weighted by Gasteiger charge is -2.12. The fraction of sp³-hybridized carbons (Fsp3) is 0.167. The quantitative estimate of drug-likeness (QED) is 0.820. The Labute approximate surface area is 128 Å². The number of halogens is 3. The van der Waals surface area contributed by atoms with Crippen LogP contribution < -0.4 is 4.72 Å². The van der Waals surface area contributed by atoms with Crippen LogP contribution in [0.25, 0.3) is 0 Å². The second-order valence-corrected chi connectivity index (χ2v) is 7.81. The van der Waals surface area contributed by atoms with Crippen LogP contribution in [-0.4, -0.2) is 20.3 Å². The van der Waals surface area contributed by atoms with E-state index >= 15 is 0 Å². The first-order chi connectivity index (χ1) is 9.78. The fourth-order valence-corrected chi connectivity index (χ4v) is 4.35. The Morgan fingerprint density at radius 1 is 1.14 bits per heavy atom. The van der Waals surface area contributed by atoms with Crippen molar-refractivity contribution in [2.75, 3.05) is 10.5 Å². The molecule has 9 heteroatoms. The molecule has 1 aromatic heterocycles. The van der Waals surface area contributed by atoms with Gasteiger partial charge < -0.3 is 0 Å². The number of nitrogens with one attached hydrogen (secondary N) is 1. The van der Waals surface area contributed by atoms with E-state index in [2.05, 4.69) is 4.72 Å². The molecule has 0 amide bonds. The molecular weight excluding hydrogens is 343 g/mol. The van der Waals surface area contributed by atoms with Crippen LogP contribution in [0.5, 0.6) is 0 Å². The second kappa shape index (κ2) is 6.29. The lowest BCUT2D eigenvalue weighted by atomic mass is 10.3. The number of sulfonamides is 1. The molecule has 0 aliphatic heterocycles. The number of hydrogen-bond donors (Lipinski definition) is 1. The van der Waals surface area contributed by atoms with Gasteiger partial charge in [0.15, 0.2) is 0 Å². The topological polar surface area (TPSA) is 46.2 Å². The highest BCUT2D eigenvalue weighted by atomic mass is 32.2. The summed E-state index contributed by atoms with van der Waals surface area (Å²) in [6, 6.07) is 9.01. The van der Waals surface area contributed by atoms with Crippen molar-refractivity contribution in [1.29, 1.82) is 0 Å². The Bertz CT molecular complexity index is 697. The number of thioether (sulfide) groups is 1. The minimum Gasteiger partial charge on any atom is -0.278 e. The van der Waals surface area contributed by atoms with E-state index < -0.39 is 22.0 Å². The highest BCUT2D eigenvalue weighted by molar-refractivity contribution is 7.99. The van der Waals surface area contributed by atoms with Crippen molar-refractivity contribution in [3.05, 3.63) is 41.8 Å². The SMILES string of the molecule is O=S(=O)(Nc1ccccc1SCC(F)(F)F)c1cccs1. The zero-order valence-corrected chi connectivity index (χ0v) is 12.9. The molecule has 0 aliphatic rings. The molecule has 114 valence electrons. The summed E-state index contributed by atoms with van der Waals surface area (Å²) in [5.74, 6) is -1.08. The molecule has 2 aromatic rings. The van der Waals surface area contributed by atoms with Gasteiger partial charge in [-0.25, -0.2) is 8.42 Å². The monoisotopic (exact) mass is 353 g/mol. The molecule has 1 aromatic carbocycles. The van der Waals surface area contributed by atoms with Crippen molar-refractivity contribution in [3.8, 4) is 0 Å². The van der Waals surface area contributed by atoms with Crippen molar-refractivity contribution in [2.45, 2.75) is 15.3 Å². The van der Waals surface area contributed by atoms with Gasteiger partial charge in [0, 0.05) is 4.90 Å². The summed E-state index contributed by atoms with van der Waals surface area (Å²) in [4.78, 5) is 0.231. The van der Waals surface area contributed by atoms with Crippen molar-refractivity contribution in [2.24, 2.45) is 0 Å². The highest BCUT2D eigenvalue weighted by Crippen LogP contribution is 2.33. The maximum absolute atomic E-state index is 12.3. The number of benzene rings is 1. The Hall–Kier alpha value is -1.19. The lowest BCUT2D eigenvalue weighted by Crippen LogP contribution is -2.13. The fourth-order valence-electron chi connectivity index (χ4n) is 1.45. The van der Waals surface area contributed by atoms with Crippen LogP contribution in [-0.2, 0) is 10.0 Å². The first-order valence-corrected chi connectivity index (χ1v) is 8.98. The third-order valence-electron chi connectivity index (χ3n) is 2.28. The molecule has 0 bridgehead atoms. The molecule has 0 spiro atoms. The largest absolute Gasteiger partial charge is 0.398 e. The molecule has 0 unspecified atom stereocenters. The van der Waals surface area contributed by atoms with Crippen LogP contribution in [0.15, 0.2) is 50.9 Å². The lowest BCUT2D eigenvalue weighted by molar-refractivity contribution is -0.105. The number of rotatable bonds is 5. The number of thiophene rings is 1. The molecule has 21 heavy (non-hydrogen) atoms. The van der Waals surface area contributed by atoms with Gasteiger partial charge >= 0.3 is 6.18 Å². The van der Waals surface area contributed by atoms with Gasteiger partial charge in [0.25, 0.3) is 10.0 Å². The maximum atomic E-state index is 12.3. The van der Waals surface area contributed by atoms with Crippen LogP contribution in [0.1, 0.15) is 0 Å². The van der Waals surface area contributed by atoms with Gasteiger partial charge in [-0.15, -0.1) is 23.1 Å². The Morgan fingerprint density at radius 3 is 2.48 bits per heavy atom. The van der Waals surface area contributed by atoms with Crippen molar-refractivity contribution >= 4 is 38.8 Å². The third-order valence-corrected chi connectivity index (χ3v) is 6.18. The summed E-state index contributed by atoms with van der Waals surface area (Å²) in [6.45, 7) is 0. The number of alkyl halides is 3.